The molecule has 0 aromatic heterocycles. The summed E-state index contributed by atoms with van der Waals surface area (Å²) in [5.74, 6) is 4.52. The molecule has 0 saturated heterocycles. The lowest BCUT2D eigenvalue weighted by Crippen LogP contribution is -2.11. The van der Waals surface area contributed by atoms with Crippen LogP contribution >= 0.6 is 0 Å². The predicted octanol–water partition coefficient (Wildman–Crippen LogP) is 4.40. The summed E-state index contributed by atoms with van der Waals surface area (Å²) < 4.78 is 5.04. The topological polar surface area (TPSA) is 89.6 Å². The van der Waals surface area contributed by atoms with Crippen molar-refractivity contribution in [1.82, 2.24) is 0 Å². The number of ketones is 1. The van der Waals surface area contributed by atoms with Crippen molar-refractivity contribution in [2.45, 2.75) is 98.0 Å². The molecule has 0 bridgehead atoms. The number of carbonyl (C=O) groups excluding carboxylic acids is 2. The van der Waals surface area contributed by atoms with Crippen LogP contribution in [0.25, 0.3) is 0 Å². The van der Waals surface area contributed by atoms with E-state index in [0.717, 1.165) is 31.6 Å². The molecule has 2 atom stereocenters. The van der Waals surface area contributed by atoms with Gasteiger partial charge in [0.25, 0.3) is 0 Å². The highest BCUT2D eigenvalue weighted by molar-refractivity contribution is 5.77. The van der Waals surface area contributed by atoms with Crippen LogP contribution in [0.5, 0.6) is 0 Å². The van der Waals surface area contributed by atoms with Gasteiger partial charge in [-0.1, -0.05) is 46.5 Å². The van der Waals surface area contributed by atoms with Crippen molar-refractivity contribution in [3.05, 3.63) is 0 Å². The Hall–Kier alpha value is -0.940. The summed E-state index contributed by atoms with van der Waals surface area (Å²) in [6.45, 7) is 7.82. The zero-order valence-electron chi connectivity index (χ0n) is 15.5. The van der Waals surface area contributed by atoms with Gasteiger partial charge in [0.2, 0.25) is 0 Å². The third kappa shape index (κ3) is 17.2. The van der Waals surface area contributed by atoms with E-state index in [0.29, 0.717) is 12.2 Å². The van der Waals surface area contributed by atoms with Crippen LogP contribution in [0.15, 0.2) is 0 Å². The van der Waals surface area contributed by atoms with Gasteiger partial charge in [0.1, 0.15) is 11.9 Å². The van der Waals surface area contributed by atoms with Gasteiger partial charge in [0.05, 0.1) is 0 Å². The van der Waals surface area contributed by atoms with Gasteiger partial charge in [-0.2, -0.15) is 0 Å². The van der Waals surface area contributed by atoms with Gasteiger partial charge in [0.15, 0.2) is 0 Å². The van der Waals surface area contributed by atoms with Crippen LogP contribution < -0.4 is 5.90 Å². The third-order valence-electron chi connectivity index (χ3n) is 3.93. The van der Waals surface area contributed by atoms with Crippen LogP contribution in [0.1, 0.15) is 91.9 Å². The first-order valence-electron chi connectivity index (χ1n) is 8.94. The summed E-state index contributed by atoms with van der Waals surface area (Å²) in [5.41, 5.74) is 0. The maximum atomic E-state index is 10.8. The highest BCUT2D eigenvalue weighted by Crippen LogP contribution is 2.26. The van der Waals surface area contributed by atoms with E-state index in [1.54, 1.807) is 0 Å². The molecule has 0 spiro atoms. The van der Waals surface area contributed by atoms with E-state index in [2.05, 4.69) is 19.7 Å². The molecule has 2 unspecified atom stereocenters. The Kier molecular flexibility index (Phi) is 18.4. The second-order valence-corrected chi connectivity index (χ2v) is 6.21. The highest BCUT2D eigenvalue weighted by Gasteiger charge is 2.23. The molecular weight excluding hydrogens is 294 g/mol. The van der Waals surface area contributed by atoms with Crippen molar-refractivity contribution >= 4 is 11.8 Å². The number of esters is 1. The molecule has 0 amide bonds. The number of hydrogen-bond acceptors (Lipinski definition) is 5. The molecule has 1 aliphatic carbocycles. The van der Waals surface area contributed by atoms with E-state index in [4.69, 9.17) is 9.94 Å². The smallest absolute Gasteiger partial charge is 0.302 e. The SMILES string of the molecule is CC(=O)OC1CCC(C)C1.CCCCCCCC(=O)CC.NO. The Labute approximate surface area is 141 Å². The molecule has 1 saturated carbocycles. The Morgan fingerprint density at radius 2 is 1.70 bits per heavy atom. The molecule has 3 N–H and O–H groups in total. The lowest BCUT2D eigenvalue weighted by atomic mass is 10.1. The summed E-state index contributed by atoms with van der Waals surface area (Å²) in [6.07, 6.45) is 11.3. The molecule has 0 aliphatic heterocycles. The molecule has 23 heavy (non-hydrogen) atoms. The number of rotatable bonds is 8. The number of carbonyl (C=O) groups is 2. The fraction of sp³-hybridized carbons (Fsp3) is 0.889. The predicted molar refractivity (Wildman–Crippen MR) is 93.2 cm³/mol. The van der Waals surface area contributed by atoms with Crippen molar-refractivity contribution in [2.24, 2.45) is 11.8 Å². The molecule has 0 heterocycles. The summed E-state index contributed by atoms with van der Waals surface area (Å²) in [5, 5.41) is 6.50. The van der Waals surface area contributed by atoms with Crippen molar-refractivity contribution in [1.29, 1.82) is 0 Å². The molecule has 138 valence electrons. The van der Waals surface area contributed by atoms with Crippen LogP contribution in [0.4, 0.5) is 0 Å². The third-order valence-corrected chi connectivity index (χ3v) is 3.93. The van der Waals surface area contributed by atoms with Gasteiger partial charge >= 0.3 is 5.97 Å². The lowest BCUT2D eigenvalue weighted by Gasteiger charge is -2.08. The molecule has 1 rings (SSSR count). The van der Waals surface area contributed by atoms with Crippen molar-refractivity contribution in [3.8, 4) is 0 Å². The van der Waals surface area contributed by atoms with Crippen molar-refractivity contribution < 1.29 is 19.5 Å². The normalized spacial score (nSPS) is 19.0. The maximum Gasteiger partial charge on any atom is 0.302 e. The molecular formula is C18H37NO4. The van der Waals surface area contributed by atoms with Crippen LogP contribution in [0.3, 0.4) is 0 Å². The van der Waals surface area contributed by atoms with Gasteiger partial charge in [0, 0.05) is 19.8 Å². The molecule has 1 fully saturated rings. The van der Waals surface area contributed by atoms with E-state index >= 15 is 0 Å². The highest BCUT2D eigenvalue weighted by atomic mass is 16.5. The van der Waals surface area contributed by atoms with Crippen molar-refractivity contribution in [3.63, 3.8) is 0 Å². The zero-order chi connectivity index (χ0) is 18.1. The maximum absolute atomic E-state index is 10.8. The summed E-state index contributed by atoms with van der Waals surface area (Å²) in [6, 6.07) is 0. The zero-order valence-corrected chi connectivity index (χ0v) is 15.5. The summed E-state index contributed by atoms with van der Waals surface area (Å²) in [7, 11) is 0. The van der Waals surface area contributed by atoms with E-state index in [1.807, 2.05) is 6.92 Å². The minimum absolute atomic E-state index is 0.140. The van der Waals surface area contributed by atoms with Crippen LogP contribution in [-0.2, 0) is 14.3 Å². The number of hydrogen-bond donors (Lipinski definition) is 2. The first kappa shape index (κ1) is 24.3. The Morgan fingerprint density at radius 3 is 2.13 bits per heavy atom. The molecule has 0 radical (unpaired) electrons. The first-order chi connectivity index (χ1) is 11.0. The number of unbranched alkanes of at least 4 members (excludes halogenated alkanes) is 4. The minimum Gasteiger partial charge on any atom is -0.463 e. The lowest BCUT2D eigenvalue weighted by molar-refractivity contribution is -0.146. The second kappa shape index (κ2) is 17.4. The second-order valence-electron chi connectivity index (χ2n) is 6.21. The van der Waals surface area contributed by atoms with Crippen LogP contribution in [0, 0.1) is 5.92 Å². The van der Waals surface area contributed by atoms with E-state index in [-0.39, 0.29) is 12.1 Å². The fourth-order valence-corrected chi connectivity index (χ4v) is 2.60. The van der Waals surface area contributed by atoms with Crippen LogP contribution in [0.2, 0.25) is 0 Å². The fourth-order valence-electron chi connectivity index (χ4n) is 2.60. The molecule has 5 nitrogen and oxygen atoms in total. The van der Waals surface area contributed by atoms with E-state index < -0.39 is 0 Å². The minimum atomic E-state index is -0.140. The van der Waals surface area contributed by atoms with E-state index in [9.17, 15) is 9.59 Å². The monoisotopic (exact) mass is 331 g/mol. The molecule has 1 aliphatic rings. The van der Waals surface area contributed by atoms with Gasteiger partial charge in [-0.25, -0.2) is 5.90 Å². The Balaban J connectivity index is 0. The number of Topliss-reactive ketones (excluding diaryl/α,β-unsaturated/α-hetero) is 1. The Morgan fingerprint density at radius 1 is 1.09 bits per heavy atom. The summed E-state index contributed by atoms with van der Waals surface area (Å²) >= 11 is 0. The summed E-state index contributed by atoms with van der Waals surface area (Å²) in [4.78, 5) is 21.3. The average Bonchev–Trinajstić information content (AvgIpc) is 2.93. The van der Waals surface area contributed by atoms with Gasteiger partial charge < -0.3 is 9.94 Å². The van der Waals surface area contributed by atoms with Gasteiger partial charge in [-0.15, -0.1) is 0 Å². The Bertz CT molecular complexity index is 295. The molecule has 0 aromatic carbocycles. The molecule has 5 heteroatoms. The largest absolute Gasteiger partial charge is 0.463 e. The standard InChI is InChI=1S/C10H20O.C8H14O2.H3NO/c1-3-5-6-7-8-9-10(11)4-2;1-6-3-4-8(5-6)10-7(2)9;1-2/h3-9H2,1-2H3;6,8H,3-5H2,1-2H3;2H,1H2. The van der Waals surface area contributed by atoms with Crippen molar-refractivity contribution in [2.75, 3.05) is 0 Å². The first-order valence-corrected chi connectivity index (χ1v) is 8.94. The van der Waals surface area contributed by atoms with Gasteiger partial charge in [-0.3, -0.25) is 9.59 Å². The van der Waals surface area contributed by atoms with Gasteiger partial charge in [-0.05, 0) is 31.6 Å². The average molecular weight is 331 g/mol. The van der Waals surface area contributed by atoms with E-state index in [1.165, 1.54) is 39.0 Å². The quantitative estimate of drug-likeness (QED) is 0.391. The molecule has 0 aromatic rings. The van der Waals surface area contributed by atoms with Crippen LogP contribution in [-0.4, -0.2) is 23.1 Å². The number of ether oxygens (including phenoxy) is 1. The number of nitrogens with two attached hydrogens (primary N) is 1.